The molecule has 0 radical (unpaired) electrons. The lowest BCUT2D eigenvalue weighted by molar-refractivity contribution is -0.376. The molecular weight excluding hydrogens is 646 g/mol. The van der Waals surface area contributed by atoms with Crippen molar-refractivity contribution in [2.24, 2.45) is 0 Å². The van der Waals surface area contributed by atoms with Crippen LogP contribution in [0.5, 0.6) is 5.75 Å². The number of hydrogen-bond donors (Lipinski definition) is 2. The maximum Gasteiger partial charge on any atom is 0.430 e. The molecule has 1 unspecified atom stereocenters. The second kappa shape index (κ2) is 13.1. The Hall–Kier alpha value is -4.01. The van der Waals surface area contributed by atoms with Gasteiger partial charge in [0.15, 0.2) is 0 Å². The van der Waals surface area contributed by atoms with Crippen molar-refractivity contribution in [1.82, 2.24) is 15.1 Å². The molecule has 2 heterocycles. The third-order valence-electron chi connectivity index (χ3n) is 8.80. The number of rotatable bonds is 9. The van der Waals surface area contributed by atoms with Gasteiger partial charge in [-0.2, -0.15) is 26.3 Å². The highest BCUT2D eigenvalue weighted by Crippen LogP contribution is 2.50. The van der Waals surface area contributed by atoms with Crippen LogP contribution in [0, 0.1) is 0 Å². The SMILES string of the molecule is CCCc1cc(C(O)(C(F)(F)F)C(F)(F)F)ccc1N1C[C@H](C)N(C(=O)CN2C(=O)NC(C)(c3cccc(OC(C)C)c3)C2=O)C[C@H]1C. The van der Waals surface area contributed by atoms with E-state index in [4.69, 9.17) is 4.74 Å². The minimum Gasteiger partial charge on any atom is -0.491 e. The average Bonchev–Trinajstić information content (AvgIpc) is 3.20. The van der Waals surface area contributed by atoms with E-state index in [1.165, 1.54) is 4.90 Å². The van der Waals surface area contributed by atoms with Crippen LogP contribution in [-0.2, 0) is 27.1 Å². The molecule has 2 saturated heterocycles. The van der Waals surface area contributed by atoms with Gasteiger partial charge in [-0.3, -0.25) is 14.5 Å². The number of imide groups is 1. The molecule has 4 amide bonds. The zero-order valence-electron chi connectivity index (χ0n) is 27.5. The number of halogens is 6. The van der Waals surface area contributed by atoms with Crippen molar-refractivity contribution in [1.29, 1.82) is 0 Å². The molecule has 2 aromatic carbocycles. The summed E-state index contributed by atoms with van der Waals surface area (Å²) in [6, 6.07) is 7.55. The summed E-state index contributed by atoms with van der Waals surface area (Å²) in [6.45, 7) is 10.1. The average molecular weight is 687 g/mol. The third kappa shape index (κ3) is 6.65. The van der Waals surface area contributed by atoms with Crippen LogP contribution in [0.15, 0.2) is 42.5 Å². The quantitative estimate of drug-likeness (QED) is 0.262. The molecule has 0 aromatic heterocycles. The van der Waals surface area contributed by atoms with Crippen molar-refractivity contribution < 1.29 is 50.6 Å². The molecule has 0 aliphatic carbocycles. The highest BCUT2D eigenvalue weighted by Gasteiger charge is 2.71. The molecule has 2 aliphatic rings. The lowest BCUT2D eigenvalue weighted by atomic mass is 9.89. The van der Waals surface area contributed by atoms with Crippen molar-refractivity contribution >= 4 is 23.5 Å². The zero-order chi connectivity index (χ0) is 36.0. The number of benzene rings is 2. The number of nitrogens with zero attached hydrogens (tertiary/aromatic N) is 3. The monoisotopic (exact) mass is 686 g/mol. The van der Waals surface area contributed by atoms with Crippen LogP contribution in [0.25, 0.3) is 0 Å². The summed E-state index contributed by atoms with van der Waals surface area (Å²) < 4.78 is 87.3. The van der Waals surface area contributed by atoms with Gasteiger partial charge in [0.05, 0.1) is 6.10 Å². The summed E-state index contributed by atoms with van der Waals surface area (Å²) in [4.78, 5) is 44.2. The first kappa shape index (κ1) is 36.8. The van der Waals surface area contributed by atoms with E-state index in [9.17, 15) is 45.8 Å². The molecule has 2 fully saturated rings. The van der Waals surface area contributed by atoms with E-state index in [0.717, 1.165) is 17.0 Å². The highest BCUT2D eigenvalue weighted by atomic mass is 19.4. The molecule has 0 bridgehead atoms. The van der Waals surface area contributed by atoms with Gasteiger partial charge in [-0.05, 0) is 70.4 Å². The molecule has 3 atom stereocenters. The maximum absolute atomic E-state index is 13.6. The van der Waals surface area contributed by atoms with E-state index in [2.05, 4.69) is 5.32 Å². The van der Waals surface area contributed by atoms with Gasteiger partial charge in [0.1, 0.15) is 17.8 Å². The minimum atomic E-state index is -6.01. The fraction of sp³-hybridized carbons (Fsp3) is 0.545. The number of carbonyl (C=O) groups excluding carboxylic acids is 3. The number of aryl methyl sites for hydroxylation is 1. The van der Waals surface area contributed by atoms with Crippen molar-refractivity contribution in [3.63, 3.8) is 0 Å². The van der Waals surface area contributed by atoms with Crippen molar-refractivity contribution in [3.8, 4) is 5.75 Å². The molecule has 264 valence electrons. The van der Waals surface area contributed by atoms with Crippen LogP contribution in [0.2, 0.25) is 0 Å². The zero-order valence-corrected chi connectivity index (χ0v) is 27.5. The van der Waals surface area contributed by atoms with Gasteiger partial charge in [0.2, 0.25) is 5.91 Å². The van der Waals surface area contributed by atoms with Gasteiger partial charge in [-0.1, -0.05) is 37.6 Å². The number of piperazine rings is 1. The topological polar surface area (TPSA) is 102 Å². The first-order valence-corrected chi connectivity index (χ1v) is 15.6. The number of nitrogens with one attached hydrogen (secondary N) is 1. The standard InChI is InChI=1S/C33H40F6N4O5/c1-7-9-22-14-24(31(47,32(34,35)36)33(37,38)39)12-13-26(22)41-16-21(5)42(17-20(41)4)27(44)18-43-28(45)30(6,40-29(43)46)23-10-8-11-25(15-23)48-19(2)3/h8,10-15,19-21,47H,7,9,16-18H2,1-6H3,(H,40,46)/t20-,21+,30?/m1/s1. The lowest BCUT2D eigenvalue weighted by Crippen LogP contribution is -2.60. The summed E-state index contributed by atoms with van der Waals surface area (Å²) >= 11 is 0. The first-order chi connectivity index (χ1) is 22.1. The smallest absolute Gasteiger partial charge is 0.430 e. The third-order valence-corrected chi connectivity index (χ3v) is 8.80. The normalized spacial score (nSPS) is 22.4. The number of amides is 4. The van der Waals surface area contributed by atoms with Gasteiger partial charge in [0, 0.05) is 36.4 Å². The van der Waals surface area contributed by atoms with Crippen LogP contribution < -0.4 is 15.0 Å². The molecular formula is C33H40F6N4O5. The van der Waals surface area contributed by atoms with Crippen molar-refractivity contribution in [2.45, 2.75) is 96.1 Å². The maximum atomic E-state index is 13.6. The van der Waals surface area contributed by atoms with Gasteiger partial charge < -0.3 is 25.0 Å². The summed E-state index contributed by atoms with van der Waals surface area (Å²) in [5.41, 5.74) is -6.79. The summed E-state index contributed by atoms with van der Waals surface area (Å²) in [5, 5.41) is 12.6. The Labute approximate surface area is 274 Å². The summed E-state index contributed by atoms with van der Waals surface area (Å²) in [7, 11) is 0. The number of hydrogen-bond acceptors (Lipinski definition) is 6. The molecule has 48 heavy (non-hydrogen) atoms. The summed E-state index contributed by atoms with van der Waals surface area (Å²) in [6.07, 6.45) is -11.6. The second-order valence-electron chi connectivity index (χ2n) is 12.8. The lowest BCUT2D eigenvalue weighted by Gasteiger charge is -2.46. The van der Waals surface area contributed by atoms with Crippen LogP contribution >= 0.6 is 0 Å². The largest absolute Gasteiger partial charge is 0.491 e. The predicted molar refractivity (Wildman–Crippen MR) is 164 cm³/mol. The van der Waals surface area contributed by atoms with Crippen molar-refractivity contribution in [3.05, 3.63) is 59.2 Å². The van der Waals surface area contributed by atoms with E-state index in [0.29, 0.717) is 29.5 Å². The minimum absolute atomic E-state index is 0.0951. The van der Waals surface area contributed by atoms with Crippen LogP contribution in [-0.4, -0.2) is 82.9 Å². The molecule has 15 heteroatoms. The van der Waals surface area contributed by atoms with Gasteiger partial charge >= 0.3 is 18.4 Å². The van der Waals surface area contributed by atoms with Crippen LogP contribution in [0.1, 0.15) is 64.7 Å². The fourth-order valence-corrected chi connectivity index (χ4v) is 6.27. The Morgan fingerprint density at radius 3 is 2.25 bits per heavy atom. The van der Waals surface area contributed by atoms with Gasteiger partial charge in [-0.25, -0.2) is 4.79 Å². The number of anilines is 1. The molecule has 2 N–H and O–H groups in total. The molecule has 9 nitrogen and oxygen atoms in total. The predicted octanol–water partition coefficient (Wildman–Crippen LogP) is 5.63. The number of urea groups is 1. The van der Waals surface area contributed by atoms with E-state index < -0.39 is 65.5 Å². The molecule has 4 rings (SSSR count). The number of carbonyl (C=O) groups is 3. The van der Waals surface area contributed by atoms with E-state index in [1.54, 1.807) is 56.9 Å². The Morgan fingerprint density at radius 2 is 1.67 bits per heavy atom. The van der Waals surface area contributed by atoms with E-state index in [1.807, 2.05) is 13.8 Å². The summed E-state index contributed by atoms with van der Waals surface area (Å²) in [5.74, 6) is -0.624. The van der Waals surface area contributed by atoms with Crippen LogP contribution in [0.4, 0.5) is 36.8 Å². The second-order valence-corrected chi connectivity index (χ2v) is 12.8. The number of aliphatic hydroxyl groups is 1. The Bertz CT molecular complexity index is 1530. The molecule has 0 spiro atoms. The Morgan fingerprint density at radius 1 is 1.02 bits per heavy atom. The Balaban J connectivity index is 1.53. The first-order valence-electron chi connectivity index (χ1n) is 15.6. The molecule has 0 saturated carbocycles. The number of ether oxygens (including phenoxy) is 1. The van der Waals surface area contributed by atoms with E-state index >= 15 is 0 Å². The molecule has 2 aromatic rings. The van der Waals surface area contributed by atoms with E-state index in [-0.39, 0.29) is 31.2 Å². The molecule has 2 aliphatic heterocycles. The number of alkyl halides is 6. The highest BCUT2D eigenvalue weighted by molar-refractivity contribution is 6.09. The fourth-order valence-electron chi connectivity index (χ4n) is 6.27. The van der Waals surface area contributed by atoms with Gasteiger partial charge in [0.25, 0.3) is 11.5 Å². The van der Waals surface area contributed by atoms with Crippen molar-refractivity contribution in [2.75, 3.05) is 24.5 Å². The van der Waals surface area contributed by atoms with Gasteiger partial charge in [-0.15, -0.1) is 0 Å². The Kier molecular flexibility index (Phi) is 10.1. The van der Waals surface area contributed by atoms with Crippen LogP contribution in [0.3, 0.4) is 0 Å².